The topological polar surface area (TPSA) is 63.2 Å². The molecule has 0 aliphatic carbocycles. The van der Waals surface area contributed by atoms with Crippen LogP contribution >= 0.6 is 0 Å². The number of hydrogen-bond donors (Lipinski definition) is 0. The smallest absolute Gasteiger partial charge is 0.311 e. The van der Waals surface area contributed by atoms with Crippen LogP contribution in [0, 0.1) is 50.4 Å². The van der Waals surface area contributed by atoms with Crippen molar-refractivity contribution in [1.82, 2.24) is 0 Å². The summed E-state index contributed by atoms with van der Waals surface area (Å²) in [6.07, 6.45) is -0.928. The van der Waals surface area contributed by atoms with Crippen LogP contribution in [0.4, 0.5) is 0 Å². The maximum atomic E-state index is 13.5. The quantitative estimate of drug-likeness (QED) is 0.282. The van der Waals surface area contributed by atoms with Crippen LogP contribution in [0.5, 0.6) is 0 Å². The number of ether oxygens (including phenoxy) is 5. The Morgan fingerprint density at radius 1 is 0.821 bits per heavy atom. The summed E-state index contributed by atoms with van der Waals surface area (Å²) >= 11 is 0. The third-order valence-corrected chi connectivity index (χ3v) is 9.37. The molecule has 0 saturated carbocycles. The second-order valence-corrected chi connectivity index (χ2v) is 13.2. The lowest BCUT2D eigenvalue weighted by Gasteiger charge is -2.50. The van der Waals surface area contributed by atoms with Crippen LogP contribution in [0.2, 0.25) is 0 Å². The third kappa shape index (κ3) is 6.00. The molecule has 4 rings (SSSR count). The molecule has 3 fully saturated rings. The number of benzene rings is 1. The van der Waals surface area contributed by atoms with Gasteiger partial charge in [0.05, 0.1) is 30.3 Å². The molecule has 1 aromatic rings. The Kier molecular flexibility index (Phi) is 8.74. The van der Waals surface area contributed by atoms with Crippen molar-refractivity contribution in [2.75, 3.05) is 0 Å². The van der Waals surface area contributed by atoms with Gasteiger partial charge in [-0.3, -0.25) is 4.79 Å². The summed E-state index contributed by atoms with van der Waals surface area (Å²) in [5.41, 5.74) is 5.64. The highest BCUT2D eigenvalue weighted by molar-refractivity contribution is 5.73. The highest BCUT2D eigenvalue weighted by Crippen LogP contribution is 2.45. The van der Waals surface area contributed by atoms with Crippen molar-refractivity contribution in [1.29, 1.82) is 0 Å². The summed E-state index contributed by atoms with van der Waals surface area (Å²) in [5, 5.41) is 0. The summed E-state index contributed by atoms with van der Waals surface area (Å²) in [7, 11) is 0. The molecule has 3 saturated heterocycles. The van der Waals surface area contributed by atoms with E-state index in [9.17, 15) is 4.79 Å². The second-order valence-electron chi connectivity index (χ2n) is 13.2. The van der Waals surface area contributed by atoms with Crippen molar-refractivity contribution < 1.29 is 28.5 Å². The van der Waals surface area contributed by atoms with Crippen LogP contribution in [0.15, 0.2) is 24.3 Å². The average Bonchev–Trinajstić information content (AvgIpc) is 2.83. The monoisotopic (exact) mass is 542 g/mol. The zero-order chi connectivity index (χ0) is 29.0. The fraction of sp³-hybridized carbons (Fsp3) is 0.727. The van der Waals surface area contributed by atoms with Crippen LogP contribution in [0.1, 0.15) is 90.4 Å². The molecule has 218 valence electrons. The first-order valence-corrected chi connectivity index (χ1v) is 14.7. The van der Waals surface area contributed by atoms with Gasteiger partial charge < -0.3 is 23.7 Å². The summed E-state index contributed by atoms with van der Waals surface area (Å²) in [6.45, 7) is 27.3. The number of cyclic esters (lactones) is 1. The fourth-order valence-electron chi connectivity index (χ4n) is 7.22. The molecule has 11 atom stereocenters. The standard InChI is InChI=1S/C33H50O6/c1-16-13-17(2)26(18(3)14-16)32-36-27-19(4)15-20(5)28-23(8)30(39-33(11,12)38-28)24(9)31(34)35-25(10)21(6)29(37-32)22(27)7/h13-14,20-25,27-30,32H,4,15H2,1-3,5-12H3/t20-,21-,22-,23+,24+,25+,27-,28-,29-,30-,32?/m0/s1. The van der Waals surface area contributed by atoms with E-state index < -0.39 is 18.0 Å². The van der Waals surface area contributed by atoms with Crippen molar-refractivity contribution in [3.05, 3.63) is 46.5 Å². The van der Waals surface area contributed by atoms with E-state index in [2.05, 4.69) is 67.2 Å². The SMILES string of the molecule is C=C1C[C@H](C)[C@@H]2OC(C)(C)O[C@@H]([C@@H]2C)[C@@H](C)C(=O)O[C@H](C)[C@H](C)[C@@H]2OC(c3c(C)cc(C)cc3C)O[C@@H]1[C@@H]2C. The van der Waals surface area contributed by atoms with Gasteiger partial charge in [0.1, 0.15) is 6.10 Å². The predicted octanol–water partition coefficient (Wildman–Crippen LogP) is 6.99. The minimum absolute atomic E-state index is 0.00503. The van der Waals surface area contributed by atoms with E-state index in [1.807, 2.05) is 27.7 Å². The van der Waals surface area contributed by atoms with Crippen molar-refractivity contribution in [2.24, 2.45) is 29.6 Å². The van der Waals surface area contributed by atoms with E-state index in [1.54, 1.807) is 0 Å². The van der Waals surface area contributed by atoms with Crippen LogP contribution in [0.3, 0.4) is 0 Å². The molecule has 6 heteroatoms. The van der Waals surface area contributed by atoms with Gasteiger partial charge in [0.2, 0.25) is 0 Å². The van der Waals surface area contributed by atoms with Crippen molar-refractivity contribution in [2.45, 2.75) is 125 Å². The van der Waals surface area contributed by atoms with Crippen LogP contribution in [0.25, 0.3) is 0 Å². The lowest BCUT2D eigenvalue weighted by Crippen LogP contribution is -2.56. The normalized spacial score (nSPS) is 41.5. The maximum absolute atomic E-state index is 13.5. The molecule has 0 amide bonds. The zero-order valence-electron chi connectivity index (χ0n) is 25.9. The van der Waals surface area contributed by atoms with E-state index in [0.29, 0.717) is 0 Å². The molecule has 4 bridgehead atoms. The molecule has 39 heavy (non-hydrogen) atoms. The molecule has 3 aliphatic rings. The Morgan fingerprint density at radius 3 is 2.03 bits per heavy atom. The van der Waals surface area contributed by atoms with E-state index in [0.717, 1.165) is 28.7 Å². The largest absolute Gasteiger partial charge is 0.462 e. The first-order valence-electron chi connectivity index (χ1n) is 14.7. The molecule has 6 nitrogen and oxygen atoms in total. The molecule has 3 aliphatic heterocycles. The van der Waals surface area contributed by atoms with Crippen LogP contribution in [-0.4, -0.2) is 42.3 Å². The second kappa shape index (κ2) is 11.3. The summed E-state index contributed by atoms with van der Waals surface area (Å²) in [4.78, 5) is 13.5. The Bertz CT molecular complexity index is 1050. The van der Waals surface area contributed by atoms with E-state index in [1.165, 1.54) is 5.56 Å². The Hall–Kier alpha value is -1.73. The third-order valence-electron chi connectivity index (χ3n) is 9.37. The van der Waals surface area contributed by atoms with E-state index in [4.69, 9.17) is 23.7 Å². The lowest BCUT2D eigenvalue weighted by molar-refractivity contribution is -0.334. The first-order chi connectivity index (χ1) is 18.1. The summed E-state index contributed by atoms with van der Waals surface area (Å²) < 4.78 is 32.5. The first kappa shape index (κ1) is 30.2. The number of carbonyl (C=O) groups excluding carboxylic acids is 1. The van der Waals surface area contributed by atoms with Crippen molar-refractivity contribution >= 4 is 5.97 Å². The van der Waals surface area contributed by atoms with E-state index >= 15 is 0 Å². The molecular formula is C33H50O6. The molecule has 0 N–H and O–H groups in total. The predicted molar refractivity (Wildman–Crippen MR) is 152 cm³/mol. The van der Waals surface area contributed by atoms with Crippen molar-refractivity contribution in [3.8, 4) is 0 Å². The van der Waals surface area contributed by atoms with Gasteiger partial charge in [-0.25, -0.2) is 0 Å². The molecule has 3 heterocycles. The summed E-state index contributed by atoms with van der Waals surface area (Å²) in [5.74, 6) is -1.34. The average molecular weight is 543 g/mol. The molecule has 0 radical (unpaired) electrons. The van der Waals surface area contributed by atoms with Gasteiger partial charge in [-0.05, 0) is 77.5 Å². The summed E-state index contributed by atoms with van der Waals surface area (Å²) in [6, 6.07) is 4.36. The number of esters is 1. The number of fused-ring (bicyclic) bond motifs is 4. The molecule has 1 aromatic carbocycles. The molecule has 0 aromatic heterocycles. The highest BCUT2D eigenvalue weighted by atomic mass is 16.7. The van der Waals surface area contributed by atoms with Gasteiger partial charge in [0.25, 0.3) is 0 Å². The van der Waals surface area contributed by atoms with Gasteiger partial charge >= 0.3 is 5.97 Å². The van der Waals surface area contributed by atoms with Crippen LogP contribution < -0.4 is 0 Å². The Morgan fingerprint density at radius 2 is 1.41 bits per heavy atom. The van der Waals surface area contributed by atoms with E-state index in [-0.39, 0.29) is 60.2 Å². The maximum Gasteiger partial charge on any atom is 0.311 e. The van der Waals surface area contributed by atoms with Gasteiger partial charge in [-0.1, -0.05) is 52.0 Å². The molecular weight excluding hydrogens is 492 g/mol. The number of hydrogen-bond acceptors (Lipinski definition) is 6. The molecule has 0 spiro atoms. The number of carbonyl (C=O) groups is 1. The molecule has 1 unspecified atom stereocenters. The highest BCUT2D eigenvalue weighted by Gasteiger charge is 2.49. The number of aryl methyl sites for hydroxylation is 3. The Labute approximate surface area is 235 Å². The Balaban J connectivity index is 1.75. The minimum atomic E-state index is -0.804. The van der Waals surface area contributed by atoms with Crippen LogP contribution in [-0.2, 0) is 28.5 Å². The van der Waals surface area contributed by atoms with Gasteiger partial charge in [0, 0.05) is 23.3 Å². The van der Waals surface area contributed by atoms with Gasteiger partial charge in [0.15, 0.2) is 12.1 Å². The lowest BCUT2D eigenvalue weighted by atomic mass is 9.77. The minimum Gasteiger partial charge on any atom is -0.462 e. The van der Waals surface area contributed by atoms with Gasteiger partial charge in [-0.2, -0.15) is 0 Å². The fourth-order valence-corrected chi connectivity index (χ4v) is 7.22. The van der Waals surface area contributed by atoms with Gasteiger partial charge in [-0.15, -0.1) is 0 Å². The van der Waals surface area contributed by atoms with Crippen molar-refractivity contribution in [3.63, 3.8) is 0 Å². The number of rotatable bonds is 1. The zero-order valence-corrected chi connectivity index (χ0v) is 25.9.